The van der Waals surface area contributed by atoms with Gasteiger partial charge in [-0.25, -0.2) is 0 Å². The molecular formula is C30H25N3O. The quantitative estimate of drug-likeness (QED) is 0.236. The highest BCUT2D eigenvalue weighted by Crippen LogP contribution is 2.21. The molecule has 0 atom stereocenters. The average Bonchev–Trinajstić information content (AvgIpc) is 3.38. The molecule has 0 fully saturated rings. The first-order valence-electron chi connectivity index (χ1n) is 11.1. The van der Waals surface area contributed by atoms with Crippen LogP contribution in [0.2, 0.25) is 0 Å². The van der Waals surface area contributed by atoms with E-state index >= 15 is 0 Å². The summed E-state index contributed by atoms with van der Waals surface area (Å²) in [6.07, 6.45) is 4.22. The number of carbonyl (C=O) groups excluding carboxylic acids is 1. The Hall–Kier alpha value is -4.57. The standard InChI is InChI=1S/C15H13N3.C15H12O/c1-3-7-12(8-4-1)11-14-15(17-18-16-14)13-9-5-2-6-10-13;16-15(14-9-5-2-6-10-14)12-11-13-7-3-1-4-8-13/h1-10H,11H2,(H,16,17,18);1-12H. The highest BCUT2D eigenvalue weighted by Gasteiger charge is 2.10. The highest BCUT2D eigenvalue weighted by atomic mass is 16.1. The summed E-state index contributed by atoms with van der Waals surface area (Å²) >= 11 is 0. The molecule has 34 heavy (non-hydrogen) atoms. The maximum Gasteiger partial charge on any atom is 0.185 e. The molecule has 166 valence electrons. The summed E-state index contributed by atoms with van der Waals surface area (Å²) in [5, 5.41) is 11.2. The van der Waals surface area contributed by atoms with Gasteiger partial charge in [0.1, 0.15) is 5.69 Å². The summed E-state index contributed by atoms with van der Waals surface area (Å²) < 4.78 is 0. The number of allylic oxidation sites excluding steroid dienone is 1. The molecule has 0 aliphatic rings. The van der Waals surface area contributed by atoms with Crippen LogP contribution in [0.1, 0.15) is 27.2 Å². The Morgan fingerprint density at radius 2 is 1.24 bits per heavy atom. The number of rotatable bonds is 6. The van der Waals surface area contributed by atoms with E-state index in [1.807, 2.05) is 115 Å². The second kappa shape index (κ2) is 11.9. The fourth-order valence-corrected chi connectivity index (χ4v) is 3.43. The molecule has 1 N–H and O–H groups in total. The topological polar surface area (TPSA) is 58.6 Å². The Bertz CT molecular complexity index is 1310. The molecule has 0 spiro atoms. The Kier molecular flexibility index (Phi) is 7.90. The normalized spacial score (nSPS) is 10.5. The number of nitrogens with one attached hydrogen (secondary N) is 1. The third kappa shape index (κ3) is 6.47. The maximum absolute atomic E-state index is 11.7. The van der Waals surface area contributed by atoms with E-state index < -0.39 is 0 Å². The Labute approximate surface area is 199 Å². The van der Waals surface area contributed by atoms with Crippen LogP contribution in [0.3, 0.4) is 0 Å². The molecule has 0 saturated carbocycles. The summed E-state index contributed by atoms with van der Waals surface area (Å²) in [7, 11) is 0. The van der Waals surface area contributed by atoms with E-state index in [1.54, 1.807) is 6.08 Å². The van der Waals surface area contributed by atoms with Gasteiger partial charge in [0.15, 0.2) is 5.78 Å². The zero-order valence-electron chi connectivity index (χ0n) is 18.7. The van der Waals surface area contributed by atoms with Gasteiger partial charge in [-0.2, -0.15) is 15.4 Å². The minimum absolute atomic E-state index is 0.0319. The summed E-state index contributed by atoms with van der Waals surface area (Å²) in [6.45, 7) is 0. The van der Waals surface area contributed by atoms with Crippen LogP contribution < -0.4 is 0 Å². The van der Waals surface area contributed by atoms with Crippen LogP contribution in [0, 0.1) is 0 Å². The lowest BCUT2D eigenvalue weighted by atomic mass is 10.0. The fraction of sp³-hybridized carbons (Fsp3) is 0.0333. The molecule has 0 unspecified atom stereocenters. The number of benzene rings is 4. The van der Waals surface area contributed by atoms with Crippen molar-refractivity contribution in [2.75, 3.05) is 0 Å². The monoisotopic (exact) mass is 443 g/mol. The van der Waals surface area contributed by atoms with E-state index in [9.17, 15) is 4.79 Å². The molecule has 0 bridgehead atoms. The van der Waals surface area contributed by atoms with Crippen molar-refractivity contribution in [1.82, 2.24) is 15.4 Å². The predicted octanol–water partition coefficient (Wildman–Crippen LogP) is 6.65. The molecular weight excluding hydrogens is 418 g/mol. The first kappa shape index (κ1) is 22.6. The fourth-order valence-electron chi connectivity index (χ4n) is 3.43. The third-order valence-electron chi connectivity index (χ3n) is 5.17. The molecule has 4 heteroatoms. The SMILES string of the molecule is O=C(C=Cc1ccccc1)c1ccccc1.c1ccc(Cc2n[nH]nc2-c2ccccc2)cc1. The Morgan fingerprint density at radius 1 is 0.676 bits per heavy atom. The molecule has 0 radical (unpaired) electrons. The Balaban J connectivity index is 0.000000162. The van der Waals surface area contributed by atoms with Crippen molar-refractivity contribution in [3.05, 3.63) is 150 Å². The van der Waals surface area contributed by atoms with Crippen LogP contribution in [-0.4, -0.2) is 21.2 Å². The van der Waals surface area contributed by atoms with Gasteiger partial charge in [-0.15, -0.1) is 0 Å². The lowest BCUT2D eigenvalue weighted by Gasteiger charge is -2.01. The minimum Gasteiger partial charge on any atom is -0.289 e. The van der Waals surface area contributed by atoms with Gasteiger partial charge in [-0.3, -0.25) is 4.79 Å². The summed E-state index contributed by atoms with van der Waals surface area (Å²) in [5.41, 5.74) is 5.99. The maximum atomic E-state index is 11.7. The van der Waals surface area contributed by atoms with Crippen LogP contribution in [0.25, 0.3) is 17.3 Å². The van der Waals surface area contributed by atoms with E-state index in [4.69, 9.17) is 0 Å². The van der Waals surface area contributed by atoms with Gasteiger partial charge in [0.05, 0.1) is 5.69 Å². The lowest BCUT2D eigenvalue weighted by Crippen LogP contribution is -1.92. The molecule has 1 heterocycles. The zero-order chi connectivity index (χ0) is 23.4. The van der Waals surface area contributed by atoms with Gasteiger partial charge in [-0.05, 0) is 17.2 Å². The Morgan fingerprint density at radius 3 is 1.88 bits per heavy atom. The second-order valence-corrected chi connectivity index (χ2v) is 7.62. The van der Waals surface area contributed by atoms with Crippen molar-refractivity contribution in [2.24, 2.45) is 0 Å². The van der Waals surface area contributed by atoms with E-state index in [0.29, 0.717) is 0 Å². The molecule has 0 aliphatic carbocycles. The molecule has 0 saturated heterocycles. The molecule has 0 aliphatic heterocycles. The minimum atomic E-state index is 0.0319. The molecule has 0 amide bonds. The number of nitrogens with zero attached hydrogens (tertiary/aromatic N) is 2. The van der Waals surface area contributed by atoms with Crippen molar-refractivity contribution in [1.29, 1.82) is 0 Å². The van der Waals surface area contributed by atoms with Crippen molar-refractivity contribution in [2.45, 2.75) is 6.42 Å². The zero-order valence-corrected chi connectivity index (χ0v) is 18.7. The van der Waals surface area contributed by atoms with Gasteiger partial charge in [0.25, 0.3) is 0 Å². The number of H-pyrrole nitrogens is 1. The summed E-state index contributed by atoms with van der Waals surface area (Å²) in [6, 6.07) is 39.5. The third-order valence-corrected chi connectivity index (χ3v) is 5.17. The summed E-state index contributed by atoms with van der Waals surface area (Å²) in [4.78, 5) is 11.7. The van der Waals surface area contributed by atoms with Crippen molar-refractivity contribution in [3.8, 4) is 11.3 Å². The first-order valence-corrected chi connectivity index (χ1v) is 11.1. The van der Waals surface area contributed by atoms with E-state index in [0.717, 1.165) is 34.5 Å². The average molecular weight is 444 g/mol. The van der Waals surface area contributed by atoms with E-state index in [-0.39, 0.29) is 5.78 Å². The molecule has 4 aromatic carbocycles. The van der Waals surface area contributed by atoms with Gasteiger partial charge in [-0.1, -0.05) is 127 Å². The molecule has 1 aromatic heterocycles. The van der Waals surface area contributed by atoms with Gasteiger partial charge in [0, 0.05) is 17.5 Å². The van der Waals surface area contributed by atoms with Crippen molar-refractivity contribution in [3.63, 3.8) is 0 Å². The smallest absolute Gasteiger partial charge is 0.185 e. The van der Waals surface area contributed by atoms with Crippen molar-refractivity contribution < 1.29 is 4.79 Å². The predicted molar refractivity (Wildman–Crippen MR) is 137 cm³/mol. The number of aromatic nitrogens is 3. The van der Waals surface area contributed by atoms with Gasteiger partial charge in [0.2, 0.25) is 0 Å². The van der Waals surface area contributed by atoms with E-state index in [2.05, 4.69) is 27.5 Å². The van der Waals surface area contributed by atoms with Crippen LogP contribution >= 0.6 is 0 Å². The number of hydrogen-bond acceptors (Lipinski definition) is 3. The number of hydrogen-bond donors (Lipinski definition) is 1. The van der Waals surface area contributed by atoms with Crippen molar-refractivity contribution >= 4 is 11.9 Å². The largest absolute Gasteiger partial charge is 0.289 e. The van der Waals surface area contributed by atoms with Gasteiger partial charge < -0.3 is 0 Å². The first-order chi connectivity index (χ1) is 16.8. The number of aromatic amines is 1. The highest BCUT2D eigenvalue weighted by molar-refractivity contribution is 6.06. The van der Waals surface area contributed by atoms with Gasteiger partial charge >= 0.3 is 0 Å². The molecule has 5 rings (SSSR count). The molecule has 5 aromatic rings. The molecule has 4 nitrogen and oxygen atoms in total. The van der Waals surface area contributed by atoms with Crippen LogP contribution in [0.15, 0.2) is 127 Å². The lowest BCUT2D eigenvalue weighted by molar-refractivity contribution is 0.104. The van der Waals surface area contributed by atoms with Crippen LogP contribution in [0.4, 0.5) is 0 Å². The van der Waals surface area contributed by atoms with E-state index in [1.165, 1.54) is 5.56 Å². The number of ketones is 1. The second-order valence-electron chi connectivity index (χ2n) is 7.62. The van der Waals surface area contributed by atoms with Crippen LogP contribution in [-0.2, 0) is 6.42 Å². The van der Waals surface area contributed by atoms with Crippen LogP contribution in [0.5, 0.6) is 0 Å². The number of carbonyl (C=O) groups is 1. The summed E-state index contributed by atoms with van der Waals surface area (Å²) in [5.74, 6) is 0.0319.